The first-order valence-corrected chi connectivity index (χ1v) is 16.1. The molecular formula is C33H45N3O8S. The van der Waals surface area contributed by atoms with Gasteiger partial charge >= 0.3 is 0 Å². The van der Waals surface area contributed by atoms with Gasteiger partial charge in [-0.05, 0) is 95.2 Å². The Balaban J connectivity index is 1.60. The highest BCUT2D eigenvalue weighted by atomic mass is 32.2. The predicted octanol–water partition coefficient (Wildman–Crippen LogP) is 3.89. The normalized spacial score (nSPS) is 28.2. The van der Waals surface area contributed by atoms with E-state index in [-0.39, 0.29) is 35.6 Å². The van der Waals surface area contributed by atoms with Crippen molar-refractivity contribution in [1.29, 1.82) is 0 Å². The summed E-state index contributed by atoms with van der Waals surface area (Å²) < 4.78 is 127. The van der Waals surface area contributed by atoms with E-state index < -0.39 is 82.1 Å². The number of morpholine rings is 1. The maximum atomic E-state index is 14.8. The molecule has 1 saturated heterocycles. The fraction of sp³-hybridized carbons (Fsp3) is 0.576. The van der Waals surface area contributed by atoms with E-state index in [4.69, 9.17) is 28.5 Å². The maximum Gasteiger partial charge on any atom is 0.274 e. The molecule has 0 radical (unpaired) electrons. The van der Waals surface area contributed by atoms with Crippen molar-refractivity contribution in [2.75, 3.05) is 57.4 Å². The summed E-state index contributed by atoms with van der Waals surface area (Å²) in [5.74, 6) is -2.65. The Hall–Kier alpha value is -3.19. The monoisotopic (exact) mass is 652 g/mol. The summed E-state index contributed by atoms with van der Waals surface area (Å²) in [6, 6.07) is 6.54. The lowest BCUT2D eigenvalue weighted by atomic mass is 9.69. The quantitative estimate of drug-likeness (QED) is 0.407. The molecule has 5 rings (SSSR count). The van der Waals surface area contributed by atoms with E-state index in [2.05, 4.69) is 10.2 Å². The number of nitrogens with zero attached hydrogens (tertiary/aromatic N) is 2. The van der Waals surface area contributed by atoms with Crippen LogP contribution in [0.1, 0.15) is 81.5 Å². The van der Waals surface area contributed by atoms with Gasteiger partial charge in [-0.15, -0.1) is 0 Å². The second-order valence-electron chi connectivity index (χ2n) is 12.1. The van der Waals surface area contributed by atoms with E-state index in [1.54, 1.807) is 20.8 Å². The molecule has 0 bridgehead atoms. The highest BCUT2D eigenvalue weighted by Crippen LogP contribution is 2.53. The minimum atomic E-state index is -5.01. The number of ether oxygens (including phenoxy) is 4. The summed E-state index contributed by atoms with van der Waals surface area (Å²) in [6.45, 7) is 1.54. The molecule has 45 heavy (non-hydrogen) atoms. The fourth-order valence-corrected chi connectivity index (χ4v) is 7.27. The third kappa shape index (κ3) is 6.84. The van der Waals surface area contributed by atoms with Gasteiger partial charge in [-0.3, -0.25) is 14.5 Å². The standard InChI is InChI=1S/C33H45N3O8S/c1-6-43-25-8-9-27-26(22-25)33(13-11-24(12-14-33)44-20-17-35-15-18-42-19-16-35)31(38)36(27)45(39,40)29-10-7-23(21-28(29)41-5)30(37)34-32(2,3)4/h7-10,21-22,24H,6,11-20H2,1-5H3,(H,34,37)/t24-,33?/i1D3,6D2,11D2,13D2/m0/s1. The summed E-state index contributed by atoms with van der Waals surface area (Å²) >= 11 is 0. The maximum absolute atomic E-state index is 14.8. The lowest BCUT2D eigenvalue weighted by molar-refractivity contribution is -0.124. The summed E-state index contributed by atoms with van der Waals surface area (Å²) in [4.78, 5) is 29.3. The van der Waals surface area contributed by atoms with Crippen molar-refractivity contribution < 1.29 is 49.3 Å². The van der Waals surface area contributed by atoms with Gasteiger partial charge in [0.25, 0.3) is 21.8 Å². The summed E-state index contributed by atoms with van der Waals surface area (Å²) in [6.07, 6.45) is -8.09. The molecule has 2 heterocycles. The van der Waals surface area contributed by atoms with Crippen molar-refractivity contribution in [1.82, 2.24) is 10.2 Å². The number of methoxy groups -OCH3 is 1. The second kappa shape index (κ2) is 13.3. The molecule has 0 aromatic heterocycles. The molecule has 2 atom stereocenters. The van der Waals surface area contributed by atoms with Gasteiger partial charge < -0.3 is 24.3 Å². The Kier molecular flexibility index (Phi) is 6.84. The van der Waals surface area contributed by atoms with Crippen LogP contribution in [0.3, 0.4) is 0 Å². The van der Waals surface area contributed by atoms with Gasteiger partial charge in [0.1, 0.15) is 16.4 Å². The summed E-state index contributed by atoms with van der Waals surface area (Å²) in [5, 5.41) is 2.76. The van der Waals surface area contributed by atoms with Gasteiger partial charge in [-0.25, -0.2) is 12.7 Å². The number of carbonyl (C=O) groups is 2. The molecule has 1 aliphatic carbocycles. The van der Waals surface area contributed by atoms with Crippen LogP contribution in [0.4, 0.5) is 5.69 Å². The number of hydrogen-bond donors (Lipinski definition) is 1. The number of benzene rings is 2. The molecule has 1 N–H and O–H groups in total. The summed E-state index contributed by atoms with van der Waals surface area (Å²) in [7, 11) is -3.85. The van der Waals surface area contributed by atoms with Gasteiger partial charge in [0, 0.05) is 40.3 Å². The predicted molar refractivity (Wildman–Crippen MR) is 170 cm³/mol. The minimum absolute atomic E-state index is 0.0457. The number of fused-ring (bicyclic) bond motifs is 2. The molecule has 2 aromatic carbocycles. The average molecular weight is 653 g/mol. The van der Waals surface area contributed by atoms with Crippen LogP contribution in [0.25, 0.3) is 0 Å². The average Bonchev–Trinajstić information content (AvgIpc) is 3.32. The molecule has 2 aliphatic heterocycles. The molecule has 2 aromatic rings. The number of anilines is 1. The zero-order valence-corrected chi connectivity index (χ0v) is 26.6. The second-order valence-corrected chi connectivity index (χ2v) is 13.8. The van der Waals surface area contributed by atoms with Gasteiger partial charge in [0.15, 0.2) is 0 Å². The van der Waals surface area contributed by atoms with Crippen LogP contribution in [0.5, 0.6) is 11.5 Å². The van der Waals surface area contributed by atoms with Crippen molar-refractivity contribution in [3.8, 4) is 11.5 Å². The topological polar surface area (TPSA) is 124 Å². The summed E-state index contributed by atoms with van der Waals surface area (Å²) in [5.41, 5.74) is -3.86. The van der Waals surface area contributed by atoms with Crippen LogP contribution in [-0.2, 0) is 29.7 Å². The van der Waals surface area contributed by atoms with Gasteiger partial charge in [0.2, 0.25) is 0 Å². The van der Waals surface area contributed by atoms with Crippen LogP contribution in [0, 0.1) is 0 Å². The van der Waals surface area contributed by atoms with Crippen LogP contribution in [0.2, 0.25) is 0 Å². The van der Waals surface area contributed by atoms with Crippen molar-refractivity contribution in [2.45, 2.75) is 75.2 Å². The van der Waals surface area contributed by atoms with Crippen LogP contribution >= 0.6 is 0 Å². The van der Waals surface area contributed by atoms with E-state index in [0.717, 1.165) is 31.4 Å². The van der Waals surface area contributed by atoms with E-state index >= 15 is 0 Å². The Morgan fingerprint density at radius 1 is 1.22 bits per heavy atom. The zero-order valence-electron chi connectivity index (χ0n) is 34.8. The van der Waals surface area contributed by atoms with Crippen molar-refractivity contribution in [3.63, 3.8) is 0 Å². The van der Waals surface area contributed by atoms with E-state index in [9.17, 15) is 20.7 Å². The highest BCUT2D eigenvalue weighted by molar-refractivity contribution is 7.93. The highest BCUT2D eigenvalue weighted by Gasteiger charge is 2.56. The van der Waals surface area contributed by atoms with E-state index in [1.807, 2.05) is 0 Å². The molecule has 3 aliphatic rings. The smallest absolute Gasteiger partial charge is 0.274 e. The Labute approximate surface area is 278 Å². The Bertz CT molecular complexity index is 1880. The zero-order chi connectivity index (χ0) is 40.3. The van der Waals surface area contributed by atoms with E-state index in [0.29, 0.717) is 37.2 Å². The lowest BCUT2D eigenvalue weighted by Crippen LogP contribution is -2.46. The molecule has 11 nitrogen and oxygen atoms in total. The first-order chi connectivity index (χ1) is 24.8. The first-order valence-electron chi connectivity index (χ1n) is 19.2. The van der Waals surface area contributed by atoms with Crippen LogP contribution < -0.4 is 19.1 Å². The number of sulfonamides is 1. The van der Waals surface area contributed by atoms with Gasteiger partial charge in [-0.1, -0.05) is 0 Å². The lowest BCUT2D eigenvalue weighted by Gasteiger charge is -2.36. The number of rotatable bonds is 10. The number of carbonyl (C=O) groups excluding carboxylic acids is 2. The molecule has 1 saturated carbocycles. The van der Waals surface area contributed by atoms with Crippen LogP contribution in [0.15, 0.2) is 41.3 Å². The molecule has 1 spiro atoms. The molecular weight excluding hydrogens is 598 g/mol. The Morgan fingerprint density at radius 2 is 2.00 bits per heavy atom. The number of amides is 2. The third-order valence-electron chi connectivity index (χ3n) is 7.86. The first kappa shape index (κ1) is 23.2. The molecule has 2 fully saturated rings. The molecule has 1 unspecified atom stereocenters. The Morgan fingerprint density at radius 3 is 2.71 bits per heavy atom. The largest absolute Gasteiger partial charge is 0.495 e. The van der Waals surface area contributed by atoms with Gasteiger partial charge in [0.05, 0.1) is 53.4 Å². The third-order valence-corrected chi connectivity index (χ3v) is 9.59. The number of nitrogens with one attached hydrogen (secondary N) is 1. The van der Waals surface area contributed by atoms with Crippen molar-refractivity contribution in [3.05, 3.63) is 47.5 Å². The molecule has 12 heteroatoms. The molecule has 246 valence electrons. The minimum Gasteiger partial charge on any atom is -0.495 e. The number of hydrogen-bond acceptors (Lipinski definition) is 9. The molecule has 2 amide bonds. The van der Waals surface area contributed by atoms with Crippen LogP contribution in [-0.4, -0.2) is 89.9 Å². The fourth-order valence-electron chi connectivity index (χ4n) is 5.65. The SMILES string of the molecule is [2H]C([2H])([2H])C([2H])([2H])Oc1ccc2c(c1)C1(CC[C@@H](OCCN3CCOCC3)C([2H])([2H])C1([2H])[2H])C(=O)N2S(=O)(=O)c1ccc(C(=O)NC(C)(C)C)cc1OC. The van der Waals surface area contributed by atoms with Crippen molar-refractivity contribution >= 4 is 27.5 Å². The van der Waals surface area contributed by atoms with Gasteiger partial charge in [-0.2, -0.15) is 0 Å². The van der Waals surface area contributed by atoms with E-state index in [1.165, 1.54) is 12.1 Å². The van der Waals surface area contributed by atoms with Crippen molar-refractivity contribution in [2.24, 2.45) is 0 Å².